The lowest BCUT2D eigenvalue weighted by atomic mass is 10.2. The lowest BCUT2D eigenvalue weighted by Crippen LogP contribution is -2.11. The molecule has 1 rings (SSSR count). The maximum atomic E-state index is 12.5. The Morgan fingerprint density at radius 1 is 1.31 bits per heavy atom. The second-order valence-electron chi connectivity index (χ2n) is 3.48. The molecule has 0 aliphatic rings. The molecular formula is C11H13F3O2. The summed E-state index contributed by atoms with van der Waals surface area (Å²) in [4.78, 5) is 0. The number of alkyl halides is 3. The third-order valence-electron chi connectivity index (χ3n) is 1.99. The van der Waals surface area contributed by atoms with Crippen molar-refractivity contribution in [1.29, 1.82) is 0 Å². The van der Waals surface area contributed by atoms with Crippen LogP contribution in [0, 0.1) is 0 Å². The minimum absolute atomic E-state index is 0.0603. The summed E-state index contributed by atoms with van der Waals surface area (Å²) in [5.41, 5.74) is -0.791. The van der Waals surface area contributed by atoms with Gasteiger partial charge in [0.15, 0.2) is 0 Å². The maximum Gasteiger partial charge on any atom is 0.419 e. The monoisotopic (exact) mass is 234 g/mol. The van der Waals surface area contributed by atoms with E-state index < -0.39 is 17.8 Å². The van der Waals surface area contributed by atoms with Crippen molar-refractivity contribution < 1.29 is 23.0 Å². The van der Waals surface area contributed by atoms with Gasteiger partial charge in [0.1, 0.15) is 5.75 Å². The minimum Gasteiger partial charge on any atom is -0.493 e. The zero-order valence-electron chi connectivity index (χ0n) is 8.79. The van der Waals surface area contributed by atoms with E-state index >= 15 is 0 Å². The van der Waals surface area contributed by atoms with E-state index in [1.54, 1.807) is 6.92 Å². The first-order chi connectivity index (χ1) is 7.41. The number of aliphatic hydroxyl groups is 1. The van der Waals surface area contributed by atoms with E-state index in [1.807, 2.05) is 0 Å². The van der Waals surface area contributed by atoms with Gasteiger partial charge in [-0.25, -0.2) is 0 Å². The Kier molecular flexibility index (Phi) is 4.18. The van der Waals surface area contributed by atoms with Crippen molar-refractivity contribution in [2.45, 2.75) is 25.6 Å². The van der Waals surface area contributed by atoms with Crippen LogP contribution in [0.15, 0.2) is 24.3 Å². The van der Waals surface area contributed by atoms with Crippen molar-refractivity contribution >= 4 is 0 Å². The Labute approximate surface area is 91.7 Å². The molecule has 0 fully saturated rings. The van der Waals surface area contributed by atoms with E-state index in [1.165, 1.54) is 18.2 Å². The number of ether oxygens (including phenoxy) is 1. The molecule has 0 bridgehead atoms. The molecule has 0 aromatic heterocycles. The van der Waals surface area contributed by atoms with E-state index in [9.17, 15) is 13.2 Å². The van der Waals surface area contributed by atoms with Gasteiger partial charge in [0, 0.05) is 6.42 Å². The van der Waals surface area contributed by atoms with Crippen molar-refractivity contribution in [3.8, 4) is 5.75 Å². The van der Waals surface area contributed by atoms with E-state index in [0.717, 1.165) is 6.07 Å². The van der Waals surface area contributed by atoms with Crippen LogP contribution in [0.5, 0.6) is 5.75 Å². The molecule has 0 saturated carbocycles. The van der Waals surface area contributed by atoms with Crippen molar-refractivity contribution in [3.63, 3.8) is 0 Å². The van der Waals surface area contributed by atoms with E-state index in [2.05, 4.69) is 0 Å². The fraction of sp³-hybridized carbons (Fsp3) is 0.455. The highest BCUT2D eigenvalue weighted by Crippen LogP contribution is 2.35. The molecule has 0 aliphatic heterocycles. The van der Waals surface area contributed by atoms with Gasteiger partial charge >= 0.3 is 6.18 Å². The van der Waals surface area contributed by atoms with Crippen molar-refractivity contribution in [2.75, 3.05) is 6.61 Å². The fourth-order valence-corrected chi connectivity index (χ4v) is 1.17. The smallest absolute Gasteiger partial charge is 0.419 e. The Bertz CT molecular complexity index is 334. The number of para-hydroxylation sites is 1. The van der Waals surface area contributed by atoms with Gasteiger partial charge in [-0.1, -0.05) is 12.1 Å². The van der Waals surface area contributed by atoms with Crippen LogP contribution in [-0.2, 0) is 6.18 Å². The van der Waals surface area contributed by atoms with Gasteiger partial charge in [0.2, 0.25) is 0 Å². The normalized spacial score (nSPS) is 13.6. The molecule has 1 unspecified atom stereocenters. The molecule has 1 atom stereocenters. The van der Waals surface area contributed by atoms with Crippen LogP contribution in [0.25, 0.3) is 0 Å². The Morgan fingerprint density at radius 2 is 1.94 bits per heavy atom. The van der Waals surface area contributed by atoms with Crippen LogP contribution >= 0.6 is 0 Å². The second-order valence-corrected chi connectivity index (χ2v) is 3.48. The fourth-order valence-electron chi connectivity index (χ4n) is 1.17. The topological polar surface area (TPSA) is 29.5 Å². The third kappa shape index (κ3) is 3.73. The maximum absolute atomic E-state index is 12.5. The van der Waals surface area contributed by atoms with Crippen molar-refractivity contribution in [3.05, 3.63) is 29.8 Å². The highest BCUT2D eigenvalue weighted by molar-refractivity contribution is 5.35. The lowest BCUT2D eigenvalue weighted by Gasteiger charge is -2.14. The van der Waals surface area contributed by atoms with Gasteiger partial charge in [-0.3, -0.25) is 0 Å². The average molecular weight is 234 g/mol. The molecule has 16 heavy (non-hydrogen) atoms. The lowest BCUT2D eigenvalue weighted by molar-refractivity contribution is -0.139. The first-order valence-corrected chi connectivity index (χ1v) is 4.88. The third-order valence-corrected chi connectivity index (χ3v) is 1.99. The van der Waals surface area contributed by atoms with Crippen molar-refractivity contribution in [2.24, 2.45) is 0 Å². The zero-order chi connectivity index (χ0) is 12.2. The zero-order valence-corrected chi connectivity index (χ0v) is 8.79. The summed E-state index contributed by atoms with van der Waals surface area (Å²) in [6.45, 7) is 1.61. The summed E-state index contributed by atoms with van der Waals surface area (Å²) in [6.07, 6.45) is -4.70. The van der Waals surface area contributed by atoms with Crippen molar-refractivity contribution in [1.82, 2.24) is 0 Å². The second kappa shape index (κ2) is 5.21. The van der Waals surface area contributed by atoms with Crippen LogP contribution in [-0.4, -0.2) is 17.8 Å². The number of benzene rings is 1. The molecule has 90 valence electrons. The average Bonchev–Trinajstić information content (AvgIpc) is 2.16. The number of aliphatic hydroxyl groups excluding tert-OH is 1. The quantitative estimate of drug-likeness (QED) is 0.868. The number of rotatable bonds is 4. The van der Waals surface area contributed by atoms with Gasteiger partial charge < -0.3 is 9.84 Å². The molecule has 0 amide bonds. The molecule has 0 saturated heterocycles. The summed E-state index contributed by atoms with van der Waals surface area (Å²) in [7, 11) is 0. The van der Waals surface area contributed by atoms with Crippen LogP contribution < -0.4 is 4.74 Å². The Balaban J connectivity index is 2.72. The predicted octanol–water partition coefficient (Wildman–Crippen LogP) is 2.86. The first kappa shape index (κ1) is 12.8. The van der Waals surface area contributed by atoms with Gasteiger partial charge in [-0.05, 0) is 19.1 Å². The summed E-state index contributed by atoms with van der Waals surface area (Å²) < 4.78 is 42.5. The minimum atomic E-state index is -4.42. The van der Waals surface area contributed by atoms with Crippen LogP contribution in [0.4, 0.5) is 13.2 Å². The van der Waals surface area contributed by atoms with E-state index in [4.69, 9.17) is 9.84 Å². The molecule has 0 heterocycles. The molecule has 1 aromatic rings. The molecule has 0 spiro atoms. The molecule has 5 heteroatoms. The Hall–Kier alpha value is -1.23. The van der Waals surface area contributed by atoms with Gasteiger partial charge in [-0.2, -0.15) is 13.2 Å². The molecule has 1 aromatic carbocycles. The summed E-state index contributed by atoms with van der Waals surface area (Å²) in [5, 5.41) is 8.96. The predicted molar refractivity (Wildman–Crippen MR) is 53.2 cm³/mol. The van der Waals surface area contributed by atoms with Crippen LogP contribution in [0.1, 0.15) is 18.9 Å². The van der Waals surface area contributed by atoms with E-state index in [-0.39, 0.29) is 12.4 Å². The van der Waals surface area contributed by atoms with Gasteiger partial charge in [0.05, 0.1) is 18.3 Å². The Morgan fingerprint density at radius 3 is 2.50 bits per heavy atom. The highest BCUT2D eigenvalue weighted by atomic mass is 19.4. The summed E-state index contributed by atoms with van der Waals surface area (Å²) in [6, 6.07) is 5.03. The number of hydrogen-bond acceptors (Lipinski definition) is 2. The largest absolute Gasteiger partial charge is 0.493 e. The summed E-state index contributed by atoms with van der Waals surface area (Å²) in [5.74, 6) is -0.198. The molecular weight excluding hydrogens is 221 g/mol. The van der Waals surface area contributed by atoms with Crippen LogP contribution in [0.3, 0.4) is 0 Å². The summed E-state index contributed by atoms with van der Waals surface area (Å²) >= 11 is 0. The molecule has 0 radical (unpaired) electrons. The SMILES string of the molecule is CC(O)CCOc1ccccc1C(F)(F)F. The first-order valence-electron chi connectivity index (χ1n) is 4.88. The van der Waals surface area contributed by atoms with Gasteiger partial charge in [0.25, 0.3) is 0 Å². The number of halogens is 3. The van der Waals surface area contributed by atoms with Gasteiger partial charge in [-0.15, -0.1) is 0 Å². The standard InChI is InChI=1S/C11H13F3O2/c1-8(15)6-7-16-10-5-3-2-4-9(10)11(12,13)14/h2-5,8,15H,6-7H2,1H3. The molecule has 1 N–H and O–H groups in total. The molecule has 2 nitrogen and oxygen atoms in total. The van der Waals surface area contributed by atoms with E-state index in [0.29, 0.717) is 6.42 Å². The van der Waals surface area contributed by atoms with Crippen LogP contribution in [0.2, 0.25) is 0 Å². The number of hydrogen-bond donors (Lipinski definition) is 1. The molecule has 0 aliphatic carbocycles. The highest BCUT2D eigenvalue weighted by Gasteiger charge is 2.33.